The lowest BCUT2D eigenvalue weighted by Crippen LogP contribution is -2.26. The molecule has 0 radical (unpaired) electrons. The number of carbonyl (C=O) groups excluding carboxylic acids is 1. The van der Waals surface area contributed by atoms with Gasteiger partial charge in [0.1, 0.15) is 0 Å². The van der Waals surface area contributed by atoms with Crippen LogP contribution in [0, 0.1) is 0 Å². The first-order valence-electron chi connectivity index (χ1n) is 7.11. The third-order valence-electron chi connectivity index (χ3n) is 2.39. The van der Waals surface area contributed by atoms with Crippen LogP contribution in [0.1, 0.15) is 46.5 Å². The van der Waals surface area contributed by atoms with Crippen molar-refractivity contribution in [3.8, 4) is 0 Å². The van der Waals surface area contributed by atoms with Crippen molar-refractivity contribution in [2.75, 3.05) is 6.61 Å². The third-order valence-corrected chi connectivity index (χ3v) is 2.39. The van der Waals surface area contributed by atoms with Crippen molar-refractivity contribution in [1.82, 2.24) is 0 Å². The van der Waals surface area contributed by atoms with Crippen molar-refractivity contribution in [1.29, 1.82) is 0 Å². The van der Waals surface area contributed by atoms with E-state index in [0.717, 1.165) is 25.7 Å². The minimum atomic E-state index is -1.49. The molecule has 0 aliphatic heterocycles. The molecule has 1 N–H and O–H groups in total. The van der Waals surface area contributed by atoms with Crippen LogP contribution >= 0.6 is 0 Å². The van der Waals surface area contributed by atoms with Crippen molar-refractivity contribution in [2.45, 2.75) is 59.0 Å². The lowest BCUT2D eigenvalue weighted by atomic mass is 10.2. The maximum absolute atomic E-state index is 11.6. The molecule has 0 rings (SSSR count). The van der Waals surface area contributed by atoms with E-state index in [4.69, 9.17) is 24.4 Å². The van der Waals surface area contributed by atoms with Gasteiger partial charge in [-0.05, 0) is 26.8 Å². The van der Waals surface area contributed by atoms with E-state index in [-0.39, 0.29) is 5.76 Å². The van der Waals surface area contributed by atoms with Gasteiger partial charge in [0.05, 0.1) is 6.61 Å². The largest absolute Gasteiger partial charge is 0.508 e. The third kappa shape index (κ3) is 10.9. The van der Waals surface area contributed by atoms with E-state index in [2.05, 4.69) is 18.2 Å². The molecule has 0 saturated heterocycles. The van der Waals surface area contributed by atoms with Gasteiger partial charge in [0, 0.05) is 0 Å². The summed E-state index contributed by atoms with van der Waals surface area (Å²) in [5, 5.41) is 8.38. The van der Waals surface area contributed by atoms with Gasteiger partial charge in [-0.1, -0.05) is 26.2 Å². The Morgan fingerprint density at radius 3 is 2.32 bits per heavy atom. The number of ether oxygens (including phenoxy) is 3. The van der Waals surface area contributed by atoms with Crippen LogP contribution in [0.25, 0.3) is 0 Å². The molecule has 22 heavy (non-hydrogen) atoms. The van der Waals surface area contributed by atoms with E-state index in [0.29, 0.717) is 6.61 Å². The van der Waals surface area contributed by atoms with Crippen LogP contribution in [0.2, 0.25) is 0 Å². The number of carboxylic acid groups (broad SMARTS) is 1. The van der Waals surface area contributed by atoms with E-state index < -0.39 is 24.7 Å². The predicted molar refractivity (Wildman–Crippen MR) is 75.5 cm³/mol. The van der Waals surface area contributed by atoms with Crippen LogP contribution in [0.5, 0.6) is 0 Å². The zero-order valence-electron chi connectivity index (χ0n) is 13.2. The number of hydrogen-bond acceptors (Lipinski definition) is 7. The number of esters is 1. The van der Waals surface area contributed by atoms with Crippen LogP contribution in [0.15, 0.2) is 12.3 Å². The summed E-state index contributed by atoms with van der Waals surface area (Å²) in [5.74, 6) is -1.19. The number of rotatable bonds is 12. The summed E-state index contributed by atoms with van der Waals surface area (Å²) < 4.78 is 14.1. The summed E-state index contributed by atoms with van der Waals surface area (Å²) in [4.78, 5) is 31.4. The molecule has 8 heteroatoms. The molecule has 0 aromatic rings. The summed E-state index contributed by atoms with van der Waals surface area (Å²) in [6.45, 7) is 8.57. The molecular formula is C14H24O8. The van der Waals surface area contributed by atoms with Gasteiger partial charge in [0.15, 0.2) is 0 Å². The van der Waals surface area contributed by atoms with Crippen molar-refractivity contribution in [2.24, 2.45) is 0 Å². The molecular weight excluding hydrogens is 296 g/mol. The molecule has 0 bridgehead atoms. The van der Waals surface area contributed by atoms with Crippen LogP contribution in [-0.2, 0) is 28.8 Å². The molecule has 0 amide bonds. The minimum absolute atomic E-state index is 0.322. The van der Waals surface area contributed by atoms with Crippen molar-refractivity contribution in [3.63, 3.8) is 0 Å². The Morgan fingerprint density at radius 1 is 1.09 bits per heavy atom. The minimum Gasteiger partial charge on any atom is -0.450 e. The Morgan fingerprint density at radius 2 is 1.73 bits per heavy atom. The Hall–Kier alpha value is -1.80. The summed E-state index contributed by atoms with van der Waals surface area (Å²) >= 11 is 0. The van der Waals surface area contributed by atoms with E-state index in [1.165, 1.54) is 13.8 Å². The van der Waals surface area contributed by atoms with E-state index in [9.17, 15) is 9.59 Å². The first kappa shape index (κ1) is 20.2. The van der Waals surface area contributed by atoms with Crippen molar-refractivity contribution in [3.05, 3.63) is 12.3 Å². The molecule has 0 aliphatic carbocycles. The predicted octanol–water partition coefficient (Wildman–Crippen LogP) is 2.98. The van der Waals surface area contributed by atoms with Gasteiger partial charge in [-0.2, -0.15) is 4.89 Å². The second-order valence-electron chi connectivity index (χ2n) is 4.45. The highest BCUT2D eigenvalue weighted by Gasteiger charge is 2.19. The second kappa shape index (κ2) is 11.8. The van der Waals surface area contributed by atoms with Gasteiger partial charge in [-0.25, -0.2) is 9.59 Å². The van der Waals surface area contributed by atoms with Crippen LogP contribution in [0.4, 0.5) is 4.79 Å². The lowest BCUT2D eigenvalue weighted by molar-refractivity contribution is -0.269. The SMILES string of the molecule is C=C(OOCCCCCC)C(=O)OC(C)OC(C)OC(=O)O. The number of hydrogen-bond donors (Lipinski definition) is 1. The fourth-order valence-corrected chi connectivity index (χ4v) is 1.42. The maximum Gasteiger partial charge on any atom is 0.508 e. The van der Waals surface area contributed by atoms with Gasteiger partial charge in [0.25, 0.3) is 0 Å². The smallest absolute Gasteiger partial charge is 0.450 e. The summed E-state index contributed by atoms with van der Waals surface area (Å²) in [6.07, 6.45) is 0.453. The first-order chi connectivity index (χ1) is 10.4. The maximum atomic E-state index is 11.6. The number of unbranched alkanes of at least 4 members (excludes halogenated alkanes) is 3. The topological polar surface area (TPSA) is 101 Å². The highest BCUT2D eigenvalue weighted by Crippen LogP contribution is 2.07. The van der Waals surface area contributed by atoms with E-state index in [1.807, 2.05) is 0 Å². The summed E-state index contributed by atoms with van der Waals surface area (Å²) in [5.41, 5.74) is 0. The Bertz CT molecular complexity index is 355. The van der Waals surface area contributed by atoms with Crippen molar-refractivity contribution < 1.29 is 38.7 Å². The van der Waals surface area contributed by atoms with Gasteiger partial charge in [0.2, 0.25) is 18.3 Å². The Balaban J connectivity index is 3.84. The molecule has 0 fully saturated rings. The van der Waals surface area contributed by atoms with E-state index in [1.54, 1.807) is 0 Å². The monoisotopic (exact) mass is 320 g/mol. The normalized spacial score (nSPS) is 13.0. The molecule has 2 atom stereocenters. The van der Waals surface area contributed by atoms with Gasteiger partial charge >= 0.3 is 12.1 Å². The van der Waals surface area contributed by atoms with Crippen molar-refractivity contribution >= 4 is 12.1 Å². The average Bonchev–Trinajstić information content (AvgIpc) is 2.40. The highest BCUT2D eigenvalue weighted by molar-refractivity contribution is 5.85. The zero-order valence-corrected chi connectivity index (χ0v) is 13.2. The first-order valence-corrected chi connectivity index (χ1v) is 7.11. The van der Waals surface area contributed by atoms with E-state index >= 15 is 0 Å². The van der Waals surface area contributed by atoms with Crippen LogP contribution < -0.4 is 0 Å². The zero-order chi connectivity index (χ0) is 17.0. The second-order valence-corrected chi connectivity index (χ2v) is 4.45. The molecule has 0 aromatic carbocycles. The molecule has 0 aliphatic rings. The lowest BCUT2D eigenvalue weighted by Gasteiger charge is -2.18. The Labute approximate surface area is 129 Å². The van der Waals surface area contributed by atoms with Gasteiger partial charge in [-0.15, -0.1) is 0 Å². The Kier molecular flexibility index (Phi) is 10.8. The summed E-state index contributed by atoms with van der Waals surface area (Å²) in [7, 11) is 0. The fourth-order valence-electron chi connectivity index (χ4n) is 1.42. The summed E-state index contributed by atoms with van der Waals surface area (Å²) in [6, 6.07) is 0. The average molecular weight is 320 g/mol. The molecule has 128 valence electrons. The van der Waals surface area contributed by atoms with Crippen LogP contribution in [0.3, 0.4) is 0 Å². The highest BCUT2D eigenvalue weighted by atomic mass is 17.2. The molecule has 8 nitrogen and oxygen atoms in total. The number of carbonyl (C=O) groups is 2. The fraction of sp³-hybridized carbons (Fsp3) is 0.714. The van der Waals surface area contributed by atoms with Crippen LogP contribution in [-0.4, -0.2) is 36.4 Å². The molecule has 0 heterocycles. The molecule has 0 aromatic heterocycles. The quantitative estimate of drug-likeness (QED) is 0.111. The van der Waals surface area contributed by atoms with Gasteiger partial charge in [-0.3, -0.25) is 0 Å². The molecule has 0 spiro atoms. The van der Waals surface area contributed by atoms with Gasteiger partial charge < -0.3 is 24.2 Å². The molecule has 0 saturated carbocycles. The standard InChI is InChI=1S/C14H24O8/c1-5-6-7-8-9-18-22-10(2)13(15)20-11(3)19-12(4)21-14(16)17/h11-12H,2,5-9H2,1,3-4H3,(H,16,17). The molecule has 2 unspecified atom stereocenters.